The van der Waals surface area contributed by atoms with Crippen LogP contribution < -0.4 is 16.0 Å². The highest BCUT2D eigenvalue weighted by Crippen LogP contribution is 2.50. The number of hydrogen-bond acceptors (Lipinski definition) is 8. The first kappa shape index (κ1) is 44.8. The summed E-state index contributed by atoms with van der Waals surface area (Å²) >= 11 is 0. The zero-order chi connectivity index (χ0) is 40.6. The number of carboxylic acid groups (broad SMARTS) is 1. The monoisotopic (exact) mass is 761 g/mol. The van der Waals surface area contributed by atoms with Gasteiger partial charge in [0.25, 0.3) is 0 Å². The molecule has 11 atom stereocenters. The highest BCUT2D eigenvalue weighted by atomic mass is 19.1. The lowest BCUT2D eigenvalue weighted by Crippen LogP contribution is -2.59. The van der Waals surface area contributed by atoms with Gasteiger partial charge in [-0.2, -0.15) is 0 Å². The Labute approximate surface area is 320 Å². The Morgan fingerprint density at radius 3 is 2.09 bits per heavy atom. The van der Waals surface area contributed by atoms with Crippen molar-refractivity contribution in [1.82, 2.24) is 25.8 Å². The second-order valence-electron chi connectivity index (χ2n) is 15.9. The Morgan fingerprint density at radius 2 is 1.57 bits per heavy atom. The lowest BCUT2D eigenvalue weighted by molar-refractivity contribution is -0.149. The third-order valence-corrected chi connectivity index (χ3v) is 11.6. The van der Waals surface area contributed by atoms with Crippen molar-refractivity contribution < 1.29 is 42.9 Å². The molecule has 2 aliphatic rings. The molecule has 1 saturated heterocycles. The van der Waals surface area contributed by atoms with E-state index in [1.807, 2.05) is 41.5 Å². The average Bonchev–Trinajstić information content (AvgIpc) is 3.78. The molecule has 13 nitrogen and oxygen atoms in total. The first-order valence-electron chi connectivity index (χ1n) is 19.3. The van der Waals surface area contributed by atoms with Gasteiger partial charge in [0, 0.05) is 33.7 Å². The molecule has 1 saturated carbocycles. The number of nitrogens with zero attached hydrogens (tertiary/aromatic N) is 2. The zero-order valence-corrected chi connectivity index (χ0v) is 33.9. The van der Waals surface area contributed by atoms with E-state index in [-0.39, 0.29) is 65.8 Å². The van der Waals surface area contributed by atoms with Crippen LogP contribution >= 0.6 is 0 Å². The number of carbonyl (C=O) groups excluding carboxylic acids is 4. The van der Waals surface area contributed by atoms with E-state index in [1.165, 1.54) is 32.4 Å². The van der Waals surface area contributed by atoms with Gasteiger partial charge in [-0.15, -0.1) is 0 Å². The van der Waals surface area contributed by atoms with E-state index in [2.05, 4.69) is 16.0 Å². The highest BCUT2D eigenvalue weighted by Gasteiger charge is 2.57. The van der Waals surface area contributed by atoms with Gasteiger partial charge in [0.15, 0.2) is 0 Å². The number of nitrogens with one attached hydrogen (secondary N) is 3. The molecule has 304 valence electrons. The normalized spacial score (nSPS) is 22.3. The van der Waals surface area contributed by atoms with E-state index in [1.54, 1.807) is 36.9 Å². The SMILES string of the molecule is CC[C@H](C)[C@@H]([C@@H](CC(=O)N1[C@H]2C[C@H]2C[C@H]1[C@H](OC)[C@@H](C)C(=O)NC(Cc1ccccc1F)C(=O)O)OC)N(C)C(=O)C(NC(=O)C(NC)C(C)C)C(C)C. The second kappa shape index (κ2) is 19.8. The van der Waals surface area contributed by atoms with Gasteiger partial charge in [-0.1, -0.05) is 73.1 Å². The lowest BCUT2D eigenvalue weighted by Gasteiger charge is -2.41. The topological polar surface area (TPSA) is 167 Å². The Kier molecular flexibility index (Phi) is 16.4. The number of likely N-dealkylation sites (N-methyl/N-ethyl adjacent to an activating group) is 2. The van der Waals surface area contributed by atoms with Crippen molar-refractivity contribution in [3.8, 4) is 0 Å². The molecular weight excluding hydrogens is 697 g/mol. The number of halogens is 1. The molecule has 1 aliphatic heterocycles. The molecule has 1 aromatic rings. The molecule has 4 N–H and O–H groups in total. The molecule has 1 aliphatic carbocycles. The number of likely N-dealkylation sites (tertiary alicyclic amines) is 1. The Balaban J connectivity index is 1.81. The maximum absolute atomic E-state index is 14.4. The second-order valence-corrected chi connectivity index (χ2v) is 15.9. The number of fused-ring (bicyclic) bond motifs is 1. The fourth-order valence-electron chi connectivity index (χ4n) is 8.14. The minimum Gasteiger partial charge on any atom is -0.480 e. The van der Waals surface area contributed by atoms with E-state index in [4.69, 9.17) is 9.47 Å². The summed E-state index contributed by atoms with van der Waals surface area (Å²) in [6.07, 6.45) is 0.457. The van der Waals surface area contributed by atoms with E-state index in [0.29, 0.717) is 12.8 Å². The number of piperidine rings is 1. The lowest BCUT2D eigenvalue weighted by atomic mass is 9.89. The predicted molar refractivity (Wildman–Crippen MR) is 203 cm³/mol. The van der Waals surface area contributed by atoms with Crippen LogP contribution in [0.1, 0.15) is 79.7 Å². The number of aliphatic carboxylic acids is 1. The minimum atomic E-state index is -1.37. The fourth-order valence-corrected chi connectivity index (χ4v) is 8.14. The average molecular weight is 762 g/mol. The molecule has 14 heteroatoms. The van der Waals surface area contributed by atoms with Crippen molar-refractivity contribution >= 4 is 29.6 Å². The number of hydrogen-bond donors (Lipinski definition) is 4. The fraction of sp³-hybridized carbons (Fsp3) is 0.725. The van der Waals surface area contributed by atoms with Crippen molar-refractivity contribution in [2.24, 2.45) is 29.6 Å². The van der Waals surface area contributed by atoms with Crippen LogP contribution in [0.3, 0.4) is 0 Å². The van der Waals surface area contributed by atoms with Crippen LogP contribution in [0.25, 0.3) is 0 Å². The van der Waals surface area contributed by atoms with Gasteiger partial charge in [-0.3, -0.25) is 19.2 Å². The van der Waals surface area contributed by atoms with E-state index >= 15 is 0 Å². The molecule has 1 heterocycles. The van der Waals surface area contributed by atoms with Gasteiger partial charge in [0.05, 0.1) is 42.7 Å². The summed E-state index contributed by atoms with van der Waals surface area (Å²) in [7, 11) is 6.41. The Hall–Kier alpha value is -3.62. The molecule has 0 aromatic heterocycles. The smallest absolute Gasteiger partial charge is 0.326 e. The number of ether oxygens (including phenoxy) is 2. The molecule has 4 amide bonds. The van der Waals surface area contributed by atoms with Crippen LogP contribution in [-0.4, -0.2) is 121 Å². The van der Waals surface area contributed by atoms with Gasteiger partial charge >= 0.3 is 5.97 Å². The number of benzene rings is 1. The van der Waals surface area contributed by atoms with Gasteiger partial charge in [0.1, 0.15) is 17.9 Å². The van der Waals surface area contributed by atoms with Gasteiger partial charge in [-0.05, 0) is 55.2 Å². The Morgan fingerprint density at radius 1 is 0.944 bits per heavy atom. The first-order chi connectivity index (χ1) is 25.4. The predicted octanol–water partition coefficient (Wildman–Crippen LogP) is 3.24. The van der Waals surface area contributed by atoms with E-state index < -0.39 is 66.0 Å². The van der Waals surface area contributed by atoms with Crippen LogP contribution in [-0.2, 0) is 39.9 Å². The number of methoxy groups -OCH3 is 2. The van der Waals surface area contributed by atoms with Crippen LogP contribution in [0.15, 0.2) is 24.3 Å². The summed E-state index contributed by atoms with van der Waals surface area (Å²) in [5, 5.41) is 18.4. The standard InChI is InChI=1S/C40H64FN5O8/c1-12-23(6)35(45(9)39(50)34(22(4)5)44-38(49)33(42-8)21(2)3)31(53-10)20-32(47)46-29-18-26(29)19-30(46)36(54-11)24(7)37(48)43-28(40(51)52)17-25-15-13-14-16-27(25)41/h13-16,21-24,26,28-31,33-36,42H,12,17-20H2,1-11H3,(H,43,48)(H,44,49)(H,51,52)/t23-,24+,26-,28?,29-,30-,31+,33?,34?,35-,36+/m0/s1. The third kappa shape index (κ3) is 10.6. The molecule has 0 spiro atoms. The summed E-state index contributed by atoms with van der Waals surface area (Å²) in [6, 6.07) is 2.21. The quantitative estimate of drug-likeness (QED) is 0.147. The molecule has 1 aromatic carbocycles. The molecule has 0 radical (unpaired) electrons. The van der Waals surface area contributed by atoms with Gasteiger partial charge < -0.3 is 40.3 Å². The van der Waals surface area contributed by atoms with Crippen LogP contribution in [0.5, 0.6) is 0 Å². The summed E-state index contributed by atoms with van der Waals surface area (Å²) in [5.41, 5.74) is 0.169. The Bertz CT molecular complexity index is 1460. The number of carboxylic acids is 1. The molecule has 3 unspecified atom stereocenters. The van der Waals surface area contributed by atoms with Crippen LogP contribution in [0, 0.1) is 35.4 Å². The summed E-state index contributed by atoms with van der Waals surface area (Å²) in [5.74, 6) is -4.01. The molecular formula is C40H64FN5O8. The molecule has 0 bridgehead atoms. The van der Waals surface area contributed by atoms with Crippen molar-refractivity contribution in [2.75, 3.05) is 28.3 Å². The van der Waals surface area contributed by atoms with Crippen LogP contribution in [0.4, 0.5) is 4.39 Å². The van der Waals surface area contributed by atoms with E-state index in [9.17, 15) is 33.5 Å². The molecule has 2 fully saturated rings. The number of rotatable bonds is 21. The minimum absolute atomic E-state index is 0.00943. The van der Waals surface area contributed by atoms with Crippen molar-refractivity contribution in [1.29, 1.82) is 0 Å². The van der Waals surface area contributed by atoms with Crippen LogP contribution in [0.2, 0.25) is 0 Å². The largest absolute Gasteiger partial charge is 0.480 e. The summed E-state index contributed by atoms with van der Waals surface area (Å²) in [6.45, 7) is 13.3. The summed E-state index contributed by atoms with van der Waals surface area (Å²) < 4.78 is 26.2. The first-order valence-corrected chi connectivity index (χ1v) is 19.3. The number of carbonyl (C=O) groups is 5. The zero-order valence-electron chi connectivity index (χ0n) is 33.9. The van der Waals surface area contributed by atoms with Crippen molar-refractivity contribution in [3.63, 3.8) is 0 Å². The van der Waals surface area contributed by atoms with Crippen molar-refractivity contribution in [2.45, 2.75) is 129 Å². The maximum Gasteiger partial charge on any atom is 0.326 e. The summed E-state index contributed by atoms with van der Waals surface area (Å²) in [4.78, 5) is 70.8. The molecule has 3 rings (SSSR count). The third-order valence-electron chi connectivity index (χ3n) is 11.6. The van der Waals surface area contributed by atoms with Crippen molar-refractivity contribution in [3.05, 3.63) is 35.6 Å². The number of amides is 4. The maximum atomic E-state index is 14.4. The highest BCUT2D eigenvalue weighted by molar-refractivity contribution is 5.90. The molecule has 54 heavy (non-hydrogen) atoms. The van der Waals surface area contributed by atoms with Gasteiger partial charge in [-0.25, -0.2) is 9.18 Å². The van der Waals surface area contributed by atoms with E-state index in [0.717, 1.165) is 6.42 Å². The van der Waals surface area contributed by atoms with Gasteiger partial charge in [0.2, 0.25) is 23.6 Å².